The Bertz CT molecular complexity index is 1460. The molecule has 0 spiro atoms. The van der Waals surface area contributed by atoms with E-state index in [1.807, 2.05) is 38.1 Å². The number of carbonyl (C=O) groups is 2. The number of morpholine rings is 1. The number of hydrogen-bond donors (Lipinski definition) is 0. The molecule has 9 heteroatoms. The first kappa shape index (κ1) is 28.2. The smallest absolute Gasteiger partial charge is 0.331 e. The van der Waals surface area contributed by atoms with Gasteiger partial charge in [0, 0.05) is 30.3 Å². The van der Waals surface area contributed by atoms with E-state index in [1.165, 1.54) is 35.7 Å². The highest BCUT2D eigenvalue weighted by molar-refractivity contribution is 7.89. The molecule has 0 N–H and O–H groups in total. The van der Waals surface area contributed by atoms with Crippen LogP contribution in [-0.4, -0.2) is 57.9 Å². The third kappa shape index (κ3) is 6.81. The van der Waals surface area contributed by atoms with E-state index in [1.54, 1.807) is 30.3 Å². The summed E-state index contributed by atoms with van der Waals surface area (Å²) in [6, 6.07) is 18.9. The van der Waals surface area contributed by atoms with E-state index in [9.17, 15) is 18.0 Å². The predicted octanol–water partition coefficient (Wildman–Crippen LogP) is 4.51. The van der Waals surface area contributed by atoms with Gasteiger partial charge in [0.15, 0.2) is 6.10 Å². The summed E-state index contributed by atoms with van der Waals surface area (Å²) in [6.07, 6.45) is 1.48. The van der Waals surface area contributed by atoms with Gasteiger partial charge in [0.25, 0.3) is 0 Å². The monoisotopic (exact) mass is 549 g/mol. The Kier molecular flexibility index (Phi) is 8.96. The van der Waals surface area contributed by atoms with Crippen LogP contribution in [0.2, 0.25) is 0 Å². The summed E-state index contributed by atoms with van der Waals surface area (Å²) in [5.41, 5.74) is 3.45. The lowest BCUT2D eigenvalue weighted by Gasteiger charge is -2.26. The Morgan fingerprint density at radius 1 is 0.923 bits per heavy atom. The first-order chi connectivity index (χ1) is 18.7. The van der Waals surface area contributed by atoms with Gasteiger partial charge in [-0.1, -0.05) is 65.7 Å². The van der Waals surface area contributed by atoms with Crippen LogP contribution in [-0.2, 0) is 24.3 Å². The lowest BCUT2D eigenvalue weighted by Crippen LogP contribution is -2.40. The molecule has 1 atom stereocenters. The van der Waals surface area contributed by atoms with E-state index >= 15 is 0 Å². The molecule has 0 aliphatic carbocycles. The SMILES string of the molecule is COc1ccc(/C=C/C(=O)OC(C(=O)c2ccc(C)cc2)c2ccc(C)cc2)cc1S(=O)(=O)N1CCOCC1. The Labute approximate surface area is 228 Å². The lowest BCUT2D eigenvalue weighted by atomic mass is 9.98. The Hall–Kier alpha value is -3.79. The minimum Gasteiger partial charge on any atom is -0.495 e. The quantitative estimate of drug-likeness (QED) is 0.220. The third-order valence-corrected chi connectivity index (χ3v) is 8.30. The van der Waals surface area contributed by atoms with Crippen molar-refractivity contribution in [2.75, 3.05) is 33.4 Å². The highest BCUT2D eigenvalue weighted by atomic mass is 32.2. The van der Waals surface area contributed by atoms with E-state index in [0.717, 1.165) is 11.1 Å². The second kappa shape index (κ2) is 12.4. The number of esters is 1. The van der Waals surface area contributed by atoms with Gasteiger partial charge in [0.2, 0.25) is 15.8 Å². The van der Waals surface area contributed by atoms with E-state index in [0.29, 0.717) is 29.9 Å². The molecular formula is C30H31NO7S. The molecule has 3 aromatic carbocycles. The second-order valence-corrected chi connectivity index (χ2v) is 11.1. The lowest BCUT2D eigenvalue weighted by molar-refractivity contribution is -0.141. The van der Waals surface area contributed by atoms with Gasteiger partial charge in [-0.25, -0.2) is 13.2 Å². The zero-order valence-electron chi connectivity index (χ0n) is 22.1. The highest BCUT2D eigenvalue weighted by Gasteiger charge is 2.29. The Morgan fingerprint density at radius 2 is 1.54 bits per heavy atom. The zero-order chi connectivity index (χ0) is 28.0. The van der Waals surface area contributed by atoms with Crippen LogP contribution < -0.4 is 4.74 Å². The van der Waals surface area contributed by atoms with E-state index < -0.39 is 22.1 Å². The number of ether oxygens (including phenoxy) is 3. The molecule has 0 aromatic heterocycles. The van der Waals surface area contributed by atoms with Crippen LogP contribution in [0.25, 0.3) is 6.08 Å². The second-order valence-electron chi connectivity index (χ2n) is 9.22. The standard InChI is InChI=1S/C30H31NO7S/c1-21-4-10-24(11-5-21)29(33)30(25-12-6-22(2)7-13-25)38-28(32)15-9-23-8-14-26(36-3)27(20-23)39(34,35)31-16-18-37-19-17-31/h4-15,20,30H,16-19H2,1-3H3/b15-9+. The third-order valence-electron chi connectivity index (χ3n) is 6.38. The van der Waals surface area contributed by atoms with Crippen molar-refractivity contribution in [3.05, 3.63) is 101 Å². The number of sulfonamides is 1. The zero-order valence-corrected chi connectivity index (χ0v) is 22.9. The maximum atomic E-state index is 13.3. The maximum Gasteiger partial charge on any atom is 0.331 e. The molecule has 204 valence electrons. The summed E-state index contributed by atoms with van der Waals surface area (Å²) in [5, 5.41) is 0. The molecule has 8 nitrogen and oxygen atoms in total. The number of carbonyl (C=O) groups excluding carboxylic acids is 2. The van der Waals surface area contributed by atoms with Crippen LogP contribution in [0.1, 0.15) is 38.7 Å². The van der Waals surface area contributed by atoms with E-state index in [4.69, 9.17) is 14.2 Å². The average molecular weight is 550 g/mol. The number of methoxy groups -OCH3 is 1. The summed E-state index contributed by atoms with van der Waals surface area (Å²) in [4.78, 5) is 26.2. The van der Waals surface area contributed by atoms with Crippen LogP contribution in [0, 0.1) is 13.8 Å². The summed E-state index contributed by atoms with van der Waals surface area (Å²) in [5.74, 6) is -0.886. The molecule has 1 saturated heterocycles. The van der Waals surface area contributed by atoms with Crippen molar-refractivity contribution >= 4 is 27.9 Å². The van der Waals surface area contributed by atoms with Crippen LogP contribution in [0.3, 0.4) is 0 Å². The molecule has 1 fully saturated rings. The molecule has 1 aliphatic heterocycles. The van der Waals surface area contributed by atoms with Crippen LogP contribution in [0.15, 0.2) is 77.7 Å². The van der Waals surface area contributed by atoms with E-state index in [-0.39, 0.29) is 29.5 Å². The molecule has 1 heterocycles. The molecule has 1 unspecified atom stereocenters. The molecule has 0 bridgehead atoms. The molecule has 0 radical (unpaired) electrons. The summed E-state index contributed by atoms with van der Waals surface area (Å²) < 4.78 is 44.1. The predicted molar refractivity (Wildman–Crippen MR) is 147 cm³/mol. The van der Waals surface area contributed by atoms with Gasteiger partial charge in [0.1, 0.15) is 10.6 Å². The van der Waals surface area contributed by atoms with Crippen molar-refractivity contribution in [3.8, 4) is 5.75 Å². The number of nitrogens with zero attached hydrogens (tertiary/aromatic N) is 1. The van der Waals surface area contributed by atoms with Crippen molar-refractivity contribution in [1.82, 2.24) is 4.31 Å². The van der Waals surface area contributed by atoms with Crippen LogP contribution >= 0.6 is 0 Å². The topological polar surface area (TPSA) is 99.2 Å². The normalized spacial score (nSPS) is 15.2. The summed E-state index contributed by atoms with van der Waals surface area (Å²) in [7, 11) is -2.44. The number of rotatable bonds is 9. The fraction of sp³-hybridized carbons (Fsp3) is 0.267. The van der Waals surface area contributed by atoms with Crippen molar-refractivity contribution in [1.29, 1.82) is 0 Å². The Balaban J connectivity index is 1.58. The Morgan fingerprint density at radius 3 is 2.15 bits per heavy atom. The largest absolute Gasteiger partial charge is 0.495 e. The molecular weight excluding hydrogens is 518 g/mol. The summed E-state index contributed by atoms with van der Waals surface area (Å²) >= 11 is 0. The van der Waals surface area contributed by atoms with E-state index in [2.05, 4.69) is 0 Å². The van der Waals surface area contributed by atoms with Gasteiger partial charge in [0.05, 0.1) is 20.3 Å². The molecule has 4 rings (SSSR count). The maximum absolute atomic E-state index is 13.3. The molecule has 0 amide bonds. The first-order valence-electron chi connectivity index (χ1n) is 12.5. The molecule has 1 aliphatic rings. The van der Waals surface area contributed by atoms with Crippen molar-refractivity contribution < 1.29 is 32.2 Å². The fourth-order valence-electron chi connectivity index (χ4n) is 4.13. The van der Waals surface area contributed by atoms with Gasteiger partial charge in [-0.3, -0.25) is 4.79 Å². The van der Waals surface area contributed by atoms with Gasteiger partial charge in [-0.15, -0.1) is 0 Å². The van der Waals surface area contributed by atoms with Crippen LogP contribution in [0.4, 0.5) is 0 Å². The average Bonchev–Trinajstić information content (AvgIpc) is 2.95. The van der Waals surface area contributed by atoms with Crippen LogP contribution in [0.5, 0.6) is 5.75 Å². The highest BCUT2D eigenvalue weighted by Crippen LogP contribution is 2.29. The molecule has 0 saturated carbocycles. The number of hydrogen-bond acceptors (Lipinski definition) is 7. The first-order valence-corrected chi connectivity index (χ1v) is 13.9. The minimum atomic E-state index is -3.84. The minimum absolute atomic E-state index is 0.00509. The van der Waals surface area contributed by atoms with Crippen molar-refractivity contribution in [2.45, 2.75) is 24.8 Å². The number of Topliss-reactive ketones (excluding diaryl/α,β-unsaturated/α-hetero) is 1. The van der Waals surface area contributed by atoms with Crippen molar-refractivity contribution in [3.63, 3.8) is 0 Å². The number of aryl methyl sites for hydroxylation is 2. The van der Waals surface area contributed by atoms with Gasteiger partial charge >= 0.3 is 5.97 Å². The van der Waals surface area contributed by atoms with Crippen molar-refractivity contribution in [2.24, 2.45) is 0 Å². The van der Waals surface area contributed by atoms with Gasteiger partial charge in [-0.2, -0.15) is 4.31 Å². The summed E-state index contributed by atoms with van der Waals surface area (Å²) in [6.45, 7) is 4.97. The van der Waals surface area contributed by atoms with Gasteiger partial charge < -0.3 is 14.2 Å². The van der Waals surface area contributed by atoms with Gasteiger partial charge in [-0.05, 0) is 37.6 Å². The number of ketones is 1. The number of benzene rings is 3. The molecule has 39 heavy (non-hydrogen) atoms. The fourth-order valence-corrected chi connectivity index (χ4v) is 5.73. The molecule has 3 aromatic rings.